The van der Waals surface area contributed by atoms with Crippen LogP contribution in [0.15, 0.2) is 18.3 Å². The number of methoxy groups -OCH3 is 1. The first kappa shape index (κ1) is 11.7. The first-order valence-electron chi connectivity index (χ1n) is 4.63. The van der Waals surface area contributed by atoms with E-state index >= 15 is 0 Å². The lowest BCUT2D eigenvalue weighted by Crippen LogP contribution is -2.24. The van der Waals surface area contributed by atoms with E-state index in [1.165, 1.54) is 3.57 Å². The molecule has 0 saturated carbocycles. The summed E-state index contributed by atoms with van der Waals surface area (Å²) in [5.74, 6) is 0.917. The molecule has 1 aromatic heterocycles. The fourth-order valence-corrected chi connectivity index (χ4v) is 1.61. The van der Waals surface area contributed by atoms with Crippen LogP contribution >= 0.6 is 22.6 Å². The van der Waals surface area contributed by atoms with E-state index in [9.17, 15) is 0 Å². The van der Waals surface area contributed by atoms with E-state index in [0.29, 0.717) is 12.6 Å². The van der Waals surface area contributed by atoms with Gasteiger partial charge in [0.25, 0.3) is 0 Å². The van der Waals surface area contributed by atoms with Crippen LogP contribution in [-0.2, 0) is 4.74 Å². The van der Waals surface area contributed by atoms with Gasteiger partial charge in [-0.3, -0.25) is 0 Å². The lowest BCUT2D eigenvalue weighted by molar-refractivity contribution is 0.184. The standard InChI is InChI=1S/C10H15IN2O/c1-3-9(7-14-2)13-10-6-8(11)4-5-12-10/h4-6,9H,3,7H2,1-2H3,(H,12,13). The highest BCUT2D eigenvalue weighted by Crippen LogP contribution is 2.11. The molecule has 0 aromatic carbocycles. The smallest absolute Gasteiger partial charge is 0.127 e. The van der Waals surface area contributed by atoms with Gasteiger partial charge < -0.3 is 10.1 Å². The Hall–Kier alpha value is -0.360. The predicted octanol–water partition coefficient (Wildman–Crippen LogP) is 2.52. The van der Waals surface area contributed by atoms with E-state index in [2.05, 4.69) is 39.8 Å². The molecule has 0 aliphatic heterocycles. The maximum atomic E-state index is 5.11. The van der Waals surface area contributed by atoms with Crippen molar-refractivity contribution in [3.05, 3.63) is 21.9 Å². The largest absolute Gasteiger partial charge is 0.383 e. The molecule has 0 bridgehead atoms. The molecular weight excluding hydrogens is 291 g/mol. The molecule has 1 N–H and O–H groups in total. The summed E-state index contributed by atoms with van der Waals surface area (Å²) >= 11 is 2.27. The van der Waals surface area contributed by atoms with Crippen LogP contribution in [-0.4, -0.2) is 24.7 Å². The molecule has 0 amide bonds. The van der Waals surface area contributed by atoms with Crippen LogP contribution in [0.3, 0.4) is 0 Å². The second kappa shape index (κ2) is 6.19. The summed E-state index contributed by atoms with van der Waals surface area (Å²) in [7, 11) is 1.71. The van der Waals surface area contributed by atoms with Crippen molar-refractivity contribution in [2.45, 2.75) is 19.4 Å². The number of nitrogens with one attached hydrogen (secondary N) is 1. The molecule has 0 radical (unpaired) electrons. The minimum absolute atomic E-state index is 0.339. The van der Waals surface area contributed by atoms with Crippen LogP contribution in [0.2, 0.25) is 0 Å². The molecule has 4 heteroatoms. The summed E-state index contributed by atoms with van der Waals surface area (Å²) in [6, 6.07) is 4.34. The third-order valence-electron chi connectivity index (χ3n) is 1.93. The van der Waals surface area contributed by atoms with Crippen LogP contribution in [0.5, 0.6) is 0 Å². The zero-order valence-corrected chi connectivity index (χ0v) is 10.6. The molecule has 78 valence electrons. The minimum Gasteiger partial charge on any atom is -0.383 e. The van der Waals surface area contributed by atoms with E-state index in [4.69, 9.17) is 4.74 Å². The Balaban J connectivity index is 2.57. The van der Waals surface area contributed by atoms with Gasteiger partial charge in [0.2, 0.25) is 0 Å². The van der Waals surface area contributed by atoms with Crippen molar-refractivity contribution >= 4 is 28.4 Å². The van der Waals surface area contributed by atoms with Gasteiger partial charge >= 0.3 is 0 Å². The van der Waals surface area contributed by atoms with Crippen LogP contribution < -0.4 is 5.32 Å². The Morgan fingerprint density at radius 2 is 2.43 bits per heavy atom. The molecular formula is C10H15IN2O. The van der Waals surface area contributed by atoms with Crippen LogP contribution in [0.25, 0.3) is 0 Å². The monoisotopic (exact) mass is 306 g/mol. The summed E-state index contributed by atoms with van der Waals surface area (Å²) < 4.78 is 6.29. The lowest BCUT2D eigenvalue weighted by atomic mass is 10.2. The molecule has 0 spiro atoms. The van der Waals surface area contributed by atoms with E-state index < -0.39 is 0 Å². The van der Waals surface area contributed by atoms with Gasteiger partial charge in [0.05, 0.1) is 12.6 Å². The number of anilines is 1. The van der Waals surface area contributed by atoms with E-state index in [1.54, 1.807) is 7.11 Å². The highest BCUT2D eigenvalue weighted by atomic mass is 127. The molecule has 3 nitrogen and oxygen atoms in total. The molecule has 1 aromatic rings. The fourth-order valence-electron chi connectivity index (χ4n) is 1.16. The molecule has 0 fully saturated rings. The zero-order valence-electron chi connectivity index (χ0n) is 8.46. The molecule has 0 aliphatic carbocycles. The van der Waals surface area contributed by atoms with Crippen LogP contribution in [0.4, 0.5) is 5.82 Å². The van der Waals surface area contributed by atoms with Gasteiger partial charge in [-0.05, 0) is 41.1 Å². The van der Waals surface area contributed by atoms with Crippen molar-refractivity contribution in [3.8, 4) is 0 Å². The molecule has 1 atom stereocenters. The van der Waals surface area contributed by atoms with Crippen LogP contribution in [0, 0.1) is 3.57 Å². The Kier molecular flexibility index (Phi) is 5.17. The highest BCUT2D eigenvalue weighted by molar-refractivity contribution is 14.1. The van der Waals surface area contributed by atoms with Crippen molar-refractivity contribution in [1.29, 1.82) is 0 Å². The Morgan fingerprint density at radius 1 is 1.64 bits per heavy atom. The zero-order chi connectivity index (χ0) is 10.4. The quantitative estimate of drug-likeness (QED) is 0.849. The number of halogens is 1. The topological polar surface area (TPSA) is 34.1 Å². The van der Waals surface area contributed by atoms with Crippen LogP contribution in [0.1, 0.15) is 13.3 Å². The normalized spacial score (nSPS) is 12.5. The fraction of sp³-hybridized carbons (Fsp3) is 0.500. The minimum atomic E-state index is 0.339. The second-order valence-corrected chi connectivity index (χ2v) is 4.31. The average molecular weight is 306 g/mol. The number of pyridine rings is 1. The van der Waals surface area contributed by atoms with Gasteiger partial charge in [-0.25, -0.2) is 4.98 Å². The average Bonchev–Trinajstić information content (AvgIpc) is 2.17. The number of nitrogens with zero attached hydrogens (tertiary/aromatic N) is 1. The number of aromatic nitrogens is 1. The maximum Gasteiger partial charge on any atom is 0.127 e. The molecule has 0 saturated heterocycles. The van der Waals surface area contributed by atoms with Crippen molar-refractivity contribution in [2.24, 2.45) is 0 Å². The van der Waals surface area contributed by atoms with E-state index in [0.717, 1.165) is 12.2 Å². The van der Waals surface area contributed by atoms with E-state index in [1.807, 2.05) is 18.3 Å². The third kappa shape index (κ3) is 3.79. The van der Waals surface area contributed by atoms with Gasteiger partial charge in [-0.15, -0.1) is 0 Å². The van der Waals surface area contributed by atoms with Crippen molar-refractivity contribution < 1.29 is 4.74 Å². The van der Waals surface area contributed by atoms with Crippen molar-refractivity contribution in [2.75, 3.05) is 19.0 Å². The summed E-state index contributed by atoms with van der Waals surface area (Å²) in [5.41, 5.74) is 0. The third-order valence-corrected chi connectivity index (χ3v) is 2.61. The second-order valence-electron chi connectivity index (χ2n) is 3.06. The first-order chi connectivity index (χ1) is 6.76. The molecule has 1 rings (SSSR count). The SMILES string of the molecule is CCC(COC)Nc1cc(I)ccn1. The first-order valence-corrected chi connectivity index (χ1v) is 5.71. The number of rotatable bonds is 5. The Labute approximate surface area is 98.4 Å². The Bertz CT molecular complexity index is 281. The van der Waals surface area contributed by atoms with Crippen molar-refractivity contribution in [1.82, 2.24) is 4.98 Å². The number of ether oxygens (including phenoxy) is 1. The van der Waals surface area contributed by atoms with Gasteiger partial charge in [0, 0.05) is 16.9 Å². The number of hydrogen-bond donors (Lipinski definition) is 1. The molecule has 0 aliphatic rings. The van der Waals surface area contributed by atoms with Crippen molar-refractivity contribution in [3.63, 3.8) is 0 Å². The summed E-state index contributed by atoms with van der Waals surface area (Å²) in [4.78, 5) is 4.24. The van der Waals surface area contributed by atoms with Gasteiger partial charge in [-0.2, -0.15) is 0 Å². The lowest BCUT2D eigenvalue weighted by Gasteiger charge is -2.16. The van der Waals surface area contributed by atoms with Gasteiger partial charge in [0.15, 0.2) is 0 Å². The Morgan fingerprint density at radius 3 is 3.00 bits per heavy atom. The molecule has 1 heterocycles. The molecule has 14 heavy (non-hydrogen) atoms. The van der Waals surface area contributed by atoms with Gasteiger partial charge in [0.1, 0.15) is 5.82 Å². The van der Waals surface area contributed by atoms with Gasteiger partial charge in [-0.1, -0.05) is 6.92 Å². The highest BCUT2D eigenvalue weighted by Gasteiger charge is 2.05. The summed E-state index contributed by atoms with van der Waals surface area (Å²) in [6.45, 7) is 2.84. The predicted molar refractivity (Wildman–Crippen MR) is 66.5 cm³/mol. The molecule has 1 unspecified atom stereocenters. The van der Waals surface area contributed by atoms with E-state index in [-0.39, 0.29) is 0 Å². The summed E-state index contributed by atoms with van der Waals surface area (Å²) in [6.07, 6.45) is 2.84. The summed E-state index contributed by atoms with van der Waals surface area (Å²) in [5, 5.41) is 3.33. The number of hydrogen-bond acceptors (Lipinski definition) is 3. The maximum absolute atomic E-state index is 5.11.